The van der Waals surface area contributed by atoms with Crippen molar-refractivity contribution in [2.24, 2.45) is 0 Å². The molecule has 2 rings (SSSR count). The van der Waals surface area contributed by atoms with E-state index in [1.165, 1.54) is 0 Å². The summed E-state index contributed by atoms with van der Waals surface area (Å²) in [6.07, 6.45) is 3.65. The first-order chi connectivity index (χ1) is 8.76. The summed E-state index contributed by atoms with van der Waals surface area (Å²) in [7, 11) is 0. The molecule has 0 unspecified atom stereocenters. The third-order valence-electron chi connectivity index (χ3n) is 2.73. The lowest BCUT2D eigenvalue weighted by atomic mass is 10.2. The van der Waals surface area contributed by atoms with E-state index in [0.717, 1.165) is 12.4 Å². The van der Waals surface area contributed by atoms with E-state index in [0.29, 0.717) is 22.9 Å². The first-order valence-electron chi connectivity index (χ1n) is 5.77. The van der Waals surface area contributed by atoms with E-state index in [-0.39, 0.29) is 6.61 Å². The second-order valence-corrected chi connectivity index (χ2v) is 4.20. The van der Waals surface area contributed by atoms with Gasteiger partial charge in [0.2, 0.25) is 0 Å². The molecule has 0 aliphatic carbocycles. The fraction of sp³-hybridized carbons (Fsp3) is 0.308. The second-order valence-electron chi connectivity index (χ2n) is 3.79. The maximum absolute atomic E-state index is 9.27. The van der Waals surface area contributed by atoms with Gasteiger partial charge < -0.3 is 14.4 Å². The van der Waals surface area contributed by atoms with Crippen LogP contribution in [0.3, 0.4) is 0 Å². The van der Waals surface area contributed by atoms with Gasteiger partial charge in [0, 0.05) is 29.5 Å². The molecular weight excluding hydrogens is 252 g/mol. The summed E-state index contributed by atoms with van der Waals surface area (Å²) in [6.45, 7) is 3.11. The van der Waals surface area contributed by atoms with Gasteiger partial charge in [-0.2, -0.15) is 0 Å². The molecule has 4 nitrogen and oxygen atoms in total. The molecule has 0 bridgehead atoms. The molecule has 1 heterocycles. The molecule has 0 saturated heterocycles. The van der Waals surface area contributed by atoms with Crippen LogP contribution in [0, 0.1) is 0 Å². The lowest BCUT2D eigenvalue weighted by Gasteiger charge is -2.11. The Bertz CT molecular complexity index is 525. The predicted molar refractivity (Wildman–Crippen MR) is 69.6 cm³/mol. The third-order valence-corrected chi connectivity index (χ3v) is 3.09. The molecule has 0 spiro atoms. The van der Waals surface area contributed by atoms with E-state index in [2.05, 4.69) is 4.98 Å². The number of halogens is 1. The summed E-state index contributed by atoms with van der Waals surface area (Å²) < 4.78 is 7.67. The number of nitrogens with zero attached hydrogens (tertiary/aromatic N) is 2. The van der Waals surface area contributed by atoms with Crippen molar-refractivity contribution in [1.29, 1.82) is 0 Å². The third kappa shape index (κ3) is 2.66. The van der Waals surface area contributed by atoms with Crippen molar-refractivity contribution in [2.75, 3.05) is 0 Å². The van der Waals surface area contributed by atoms with Crippen LogP contribution in [0.25, 0.3) is 0 Å². The van der Waals surface area contributed by atoms with Crippen LogP contribution in [0.5, 0.6) is 5.75 Å². The standard InChI is InChI=1S/C13H15ClN2O2/c1-2-16-7-6-15-13(16)9-18-12-5-3-4-11(14)10(12)8-17/h3-7,17H,2,8-9H2,1H3. The highest BCUT2D eigenvalue weighted by atomic mass is 35.5. The summed E-state index contributed by atoms with van der Waals surface area (Å²) in [4.78, 5) is 4.22. The van der Waals surface area contributed by atoms with Crippen LogP contribution in [0.2, 0.25) is 5.02 Å². The molecule has 0 fully saturated rings. The molecule has 2 aromatic rings. The Labute approximate surface area is 111 Å². The molecule has 0 amide bonds. The maximum Gasteiger partial charge on any atom is 0.146 e. The highest BCUT2D eigenvalue weighted by Gasteiger charge is 2.08. The van der Waals surface area contributed by atoms with Crippen LogP contribution in [0.4, 0.5) is 0 Å². The number of imidazole rings is 1. The van der Waals surface area contributed by atoms with Crippen molar-refractivity contribution in [3.63, 3.8) is 0 Å². The molecule has 18 heavy (non-hydrogen) atoms. The maximum atomic E-state index is 9.27. The second kappa shape index (κ2) is 5.89. The van der Waals surface area contributed by atoms with Crippen LogP contribution in [-0.2, 0) is 19.8 Å². The monoisotopic (exact) mass is 266 g/mol. The SMILES string of the molecule is CCn1ccnc1COc1cccc(Cl)c1CO. The Balaban J connectivity index is 2.13. The Kier molecular flexibility index (Phi) is 4.23. The molecule has 1 aromatic carbocycles. The fourth-order valence-electron chi connectivity index (χ4n) is 1.74. The highest BCUT2D eigenvalue weighted by Crippen LogP contribution is 2.26. The van der Waals surface area contributed by atoms with Crippen molar-refractivity contribution in [2.45, 2.75) is 26.7 Å². The van der Waals surface area contributed by atoms with Crippen molar-refractivity contribution in [3.8, 4) is 5.75 Å². The summed E-state index contributed by atoms with van der Waals surface area (Å²) in [5.41, 5.74) is 0.605. The Morgan fingerprint density at radius 1 is 1.44 bits per heavy atom. The Morgan fingerprint density at radius 3 is 3.00 bits per heavy atom. The van der Waals surface area contributed by atoms with Gasteiger partial charge in [-0.3, -0.25) is 0 Å². The van der Waals surface area contributed by atoms with E-state index in [4.69, 9.17) is 16.3 Å². The van der Waals surface area contributed by atoms with Crippen LogP contribution in [0.1, 0.15) is 18.3 Å². The minimum Gasteiger partial charge on any atom is -0.485 e. The Morgan fingerprint density at radius 2 is 2.28 bits per heavy atom. The summed E-state index contributed by atoms with van der Waals surface area (Å²) >= 11 is 5.99. The number of hydrogen-bond acceptors (Lipinski definition) is 3. The zero-order valence-electron chi connectivity index (χ0n) is 10.1. The van der Waals surface area contributed by atoms with Gasteiger partial charge in [-0.05, 0) is 19.1 Å². The van der Waals surface area contributed by atoms with Gasteiger partial charge in [-0.25, -0.2) is 4.98 Å². The lowest BCUT2D eigenvalue weighted by Crippen LogP contribution is -2.06. The van der Waals surface area contributed by atoms with Gasteiger partial charge in [-0.15, -0.1) is 0 Å². The zero-order valence-corrected chi connectivity index (χ0v) is 10.9. The van der Waals surface area contributed by atoms with Crippen molar-refractivity contribution < 1.29 is 9.84 Å². The Hall–Kier alpha value is -1.52. The van der Waals surface area contributed by atoms with E-state index in [1.54, 1.807) is 24.4 Å². The number of aryl methyl sites for hydroxylation is 1. The molecule has 0 aliphatic heterocycles. The van der Waals surface area contributed by atoms with Crippen LogP contribution in [0.15, 0.2) is 30.6 Å². The topological polar surface area (TPSA) is 47.3 Å². The van der Waals surface area contributed by atoms with E-state index >= 15 is 0 Å². The summed E-state index contributed by atoms with van der Waals surface area (Å²) in [5.74, 6) is 1.44. The highest BCUT2D eigenvalue weighted by molar-refractivity contribution is 6.31. The van der Waals surface area contributed by atoms with Gasteiger partial charge in [0.05, 0.1) is 6.61 Å². The predicted octanol–water partition coefficient (Wildman–Crippen LogP) is 2.63. The number of aliphatic hydroxyl groups is 1. The number of rotatable bonds is 5. The average molecular weight is 267 g/mol. The van der Waals surface area contributed by atoms with E-state index in [9.17, 15) is 5.11 Å². The van der Waals surface area contributed by atoms with E-state index in [1.807, 2.05) is 17.7 Å². The van der Waals surface area contributed by atoms with Crippen molar-refractivity contribution in [3.05, 3.63) is 47.0 Å². The number of hydrogen-bond donors (Lipinski definition) is 1. The molecular formula is C13H15ClN2O2. The first kappa shape index (κ1) is 12.9. The minimum absolute atomic E-state index is 0.142. The largest absolute Gasteiger partial charge is 0.485 e. The number of ether oxygens (including phenoxy) is 1. The number of benzene rings is 1. The quantitative estimate of drug-likeness (QED) is 0.905. The van der Waals surface area contributed by atoms with Crippen molar-refractivity contribution >= 4 is 11.6 Å². The van der Waals surface area contributed by atoms with Gasteiger partial charge in [0.25, 0.3) is 0 Å². The zero-order chi connectivity index (χ0) is 13.0. The van der Waals surface area contributed by atoms with Gasteiger partial charge >= 0.3 is 0 Å². The van der Waals surface area contributed by atoms with Crippen LogP contribution >= 0.6 is 11.6 Å². The number of aliphatic hydroxyl groups excluding tert-OH is 1. The van der Waals surface area contributed by atoms with E-state index < -0.39 is 0 Å². The molecule has 0 radical (unpaired) electrons. The molecule has 0 atom stereocenters. The van der Waals surface area contributed by atoms with Gasteiger partial charge in [0.15, 0.2) is 0 Å². The summed E-state index contributed by atoms with van der Waals surface area (Å²) in [6, 6.07) is 5.31. The average Bonchev–Trinajstić information content (AvgIpc) is 2.83. The van der Waals surface area contributed by atoms with Crippen LogP contribution < -0.4 is 4.74 Å². The molecule has 5 heteroatoms. The molecule has 1 N–H and O–H groups in total. The summed E-state index contributed by atoms with van der Waals surface area (Å²) in [5, 5.41) is 9.78. The molecule has 96 valence electrons. The molecule has 0 saturated carbocycles. The minimum atomic E-state index is -0.142. The van der Waals surface area contributed by atoms with Gasteiger partial charge in [0.1, 0.15) is 18.2 Å². The first-order valence-corrected chi connectivity index (χ1v) is 6.15. The normalized spacial score (nSPS) is 10.6. The van der Waals surface area contributed by atoms with Crippen LogP contribution in [-0.4, -0.2) is 14.7 Å². The number of aromatic nitrogens is 2. The fourth-order valence-corrected chi connectivity index (χ4v) is 1.96. The smallest absolute Gasteiger partial charge is 0.146 e. The molecule has 0 aliphatic rings. The van der Waals surface area contributed by atoms with Crippen molar-refractivity contribution in [1.82, 2.24) is 9.55 Å². The lowest BCUT2D eigenvalue weighted by molar-refractivity contribution is 0.254. The molecule has 1 aromatic heterocycles. The van der Waals surface area contributed by atoms with Gasteiger partial charge in [-0.1, -0.05) is 17.7 Å².